The smallest absolute Gasteiger partial charge is 0.351 e. The first kappa shape index (κ1) is 15.8. The molecule has 0 spiro atoms. The Balaban J connectivity index is 1.53. The van der Waals surface area contributed by atoms with E-state index in [1.165, 1.54) is 12.1 Å². The SMILES string of the molecule is O=C(CNC(=O)C1CC1)N[C@@H]1C[C@H]1c1ccccc1C(F)(F)F. The summed E-state index contributed by atoms with van der Waals surface area (Å²) < 4.78 is 38.9. The molecule has 2 fully saturated rings. The van der Waals surface area contributed by atoms with Crippen molar-refractivity contribution in [2.75, 3.05) is 6.54 Å². The molecule has 7 heteroatoms. The van der Waals surface area contributed by atoms with Crippen LogP contribution < -0.4 is 10.6 Å². The van der Waals surface area contributed by atoms with Gasteiger partial charge >= 0.3 is 6.18 Å². The Morgan fingerprint density at radius 3 is 2.52 bits per heavy atom. The van der Waals surface area contributed by atoms with Gasteiger partial charge in [0.25, 0.3) is 0 Å². The third kappa shape index (κ3) is 3.83. The number of benzene rings is 1. The van der Waals surface area contributed by atoms with Gasteiger partial charge in [-0.05, 0) is 30.9 Å². The molecule has 2 aliphatic carbocycles. The van der Waals surface area contributed by atoms with E-state index in [1.807, 2.05) is 0 Å². The molecule has 23 heavy (non-hydrogen) atoms. The Hall–Kier alpha value is -2.05. The van der Waals surface area contributed by atoms with Crippen LogP contribution >= 0.6 is 0 Å². The van der Waals surface area contributed by atoms with Crippen molar-refractivity contribution < 1.29 is 22.8 Å². The number of alkyl halides is 3. The number of nitrogens with one attached hydrogen (secondary N) is 2. The molecule has 124 valence electrons. The highest BCUT2D eigenvalue weighted by Crippen LogP contribution is 2.46. The molecule has 0 aromatic heterocycles. The van der Waals surface area contributed by atoms with Gasteiger partial charge in [0.15, 0.2) is 0 Å². The van der Waals surface area contributed by atoms with Gasteiger partial charge in [-0.25, -0.2) is 0 Å². The summed E-state index contributed by atoms with van der Waals surface area (Å²) >= 11 is 0. The molecule has 2 aliphatic rings. The highest BCUT2D eigenvalue weighted by Gasteiger charge is 2.44. The van der Waals surface area contributed by atoms with Crippen LogP contribution in [0.2, 0.25) is 0 Å². The summed E-state index contributed by atoms with van der Waals surface area (Å²) in [5, 5.41) is 5.21. The number of carbonyl (C=O) groups is 2. The first-order chi connectivity index (χ1) is 10.9. The molecule has 3 rings (SSSR count). The number of amides is 2. The van der Waals surface area contributed by atoms with Crippen LogP contribution in [0.1, 0.15) is 36.3 Å². The van der Waals surface area contributed by atoms with Crippen LogP contribution in [0, 0.1) is 5.92 Å². The van der Waals surface area contributed by atoms with Crippen LogP contribution in [-0.4, -0.2) is 24.4 Å². The van der Waals surface area contributed by atoms with E-state index >= 15 is 0 Å². The van der Waals surface area contributed by atoms with Gasteiger partial charge in [0.05, 0.1) is 12.1 Å². The summed E-state index contributed by atoms with van der Waals surface area (Å²) in [5.74, 6) is -0.794. The molecular weight excluding hydrogens is 309 g/mol. The zero-order valence-corrected chi connectivity index (χ0v) is 12.3. The van der Waals surface area contributed by atoms with Crippen molar-refractivity contribution in [3.63, 3.8) is 0 Å². The van der Waals surface area contributed by atoms with Gasteiger partial charge in [-0.1, -0.05) is 18.2 Å². The van der Waals surface area contributed by atoms with Gasteiger partial charge in [0.2, 0.25) is 11.8 Å². The maximum atomic E-state index is 13.0. The second-order valence-electron chi connectivity index (χ2n) is 6.09. The predicted octanol–water partition coefficient (Wildman–Crippen LogP) is 2.20. The fourth-order valence-electron chi connectivity index (χ4n) is 2.69. The van der Waals surface area contributed by atoms with E-state index in [0.29, 0.717) is 6.42 Å². The fourth-order valence-corrected chi connectivity index (χ4v) is 2.69. The monoisotopic (exact) mass is 326 g/mol. The van der Waals surface area contributed by atoms with Crippen molar-refractivity contribution >= 4 is 11.8 Å². The van der Waals surface area contributed by atoms with Crippen molar-refractivity contribution in [2.45, 2.75) is 37.4 Å². The fraction of sp³-hybridized carbons (Fsp3) is 0.500. The Bertz CT molecular complexity index is 626. The summed E-state index contributed by atoms with van der Waals surface area (Å²) in [4.78, 5) is 23.2. The van der Waals surface area contributed by atoms with Gasteiger partial charge in [-0.3, -0.25) is 9.59 Å². The zero-order valence-electron chi connectivity index (χ0n) is 12.3. The van der Waals surface area contributed by atoms with Crippen molar-refractivity contribution in [1.82, 2.24) is 10.6 Å². The average molecular weight is 326 g/mol. The topological polar surface area (TPSA) is 58.2 Å². The van der Waals surface area contributed by atoms with Crippen LogP contribution in [0.25, 0.3) is 0 Å². The van der Waals surface area contributed by atoms with Crippen molar-refractivity contribution in [3.05, 3.63) is 35.4 Å². The number of hydrogen-bond donors (Lipinski definition) is 2. The lowest BCUT2D eigenvalue weighted by molar-refractivity contribution is -0.138. The molecule has 2 saturated carbocycles. The maximum absolute atomic E-state index is 13.0. The first-order valence-electron chi connectivity index (χ1n) is 7.59. The minimum absolute atomic E-state index is 0.0233. The molecule has 0 bridgehead atoms. The van der Waals surface area contributed by atoms with Gasteiger partial charge in [-0.15, -0.1) is 0 Å². The Morgan fingerprint density at radius 2 is 1.87 bits per heavy atom. The normalized spacial score (nSPS) is 23.3. The largest absolute Gasteiger partial charge is 0.416 e. The summed E-state index contributed by atoms with van der Waals surface area (Å²) in [6.07, 6.45) is -2.21. The average Bonchev–Trinajstić information content (AvgIpc) is 3.37. The Labute approximate surface area is 131 Å². The van der Waals surface area contributed by atoms with Crippen LogP contribution in [0.5, 0.6) is 0 Å². The number of rotatable bonds is 5. The quantitative estimate of drug-likeness (QED) is 0.871. The van der Waals surface area contributed by atoms with E-state index < -0.39 is 11.7 Å². The molecule has 2 amide bonds. The second-order valence-corrected chi connectivity index (χ2v) is 6.09. The number of halogens is 3. The standard InChI is InChI=1S/C16H17F3N2O2/c17-16(18,19)12-4-2-1-3-10(12)11-7-13(11)21-14(22)8-20-15(23)9-5-6-9/h1-4,9,11,13H,5-8H2,(H,20,23)(H,21,22)/t11-,13+/m0/s1. The van der Waals surface area contributed by atoms with Gasteiger partial charge < -0.3 is 10.6 Å². The van der Waals surface area contributed by atoms with Crippen molar-refractivity contribution in [3.8, 4) is 0 Å². The van der Waals surface area contributed by atoms with E-state index in [0.717, 1.165) is 18.9 Å². The maximum Gasteiger partial charge on any atom is 0.416 e. The highest BCUT2D eigenvalue weighted by molar-refractivity contribution is 5.87. The summed E-state index contributed by atoms with van der Waals surface area (Å²) in [5.41, 5.74) is -0.434. The lowest BCUT2D eigenvalue weighted by Gasteiger charge is -2.12. The van der Waals surface area contributed by atoms with E-state index in [4.69, 9.17) is 0 Å². The number of carbonyl (C=O) groups excluding carboxylic acids is 2. The minimum atomic E-state index is -4.40. The molecule has 2 N–H and O–H groups in total. The van der Waals surface area contributed by atoms with E-state index in [1.54, 1.807) is 6.07 Å². The molecule has 0 aliphatic heterocycles. The third-order valence-corrected chi connectivity index (χ3v) is 4.17. The van der Waals surface area contributed by atoms with Crippen molar-refractivity contribution in [2.24, 2.45) is 5.92 Å². The van der Waals surface area contributed by atoms with Crippen LogP contribution in [-0.2, 0) is 15.8 Å². The molecule has 0 heterocycles. The molecular formula is C16H17F3N2O2. The van der Waals surface area contributed by atoms with E-state index in [2.05, 4.69) is 10.6 Å². The predicted molar refractivity (Wildman–Crippen MR) is 76.5 cm³/mol. The lowest BCUT2D eigenvalue weighted by atomic mass is 10.0. The number of hydrogen-bond acceptors (Lipinski definition) is 2. The molecule has 1 aromatic carbocycles. The lowest BCUT2D eigenvalue weighted by Crippen LogP contribution is -2.38. The molecule has 0 unspecified atom stereocenters. The van der Waals surface area contributed by atoms with E-state index in [-0.39, 0.29) is 41.8 Å². The summed E-state index contributed by atoms with van der Waals surface area (Å²) in [6, 6.07) is 5.13. The van der Waals surface area contributed by atoms with E-state index in [9.17, 15) is 22.8 Å². The van der Waals surface area contributed by atoms with Gasteiger partial charge in [-0.2, -0.15) is 13.2 Å². The molecule has 4 nitrogen and oxygen atoms in total. The molecule has 0 saturated heterocycles. The highest BCUT2D eigenvalue weighted by atomic mass is 19.4. The van der Waals surface area contributed by atoms with Crippen LogP contribution in [0.15, 0.2) is 24.3 Å². The minimum Gasteiger partial charge on any atom is -0.351 e. The second kappa shape index (κ2) is 5.86. The summed E-state index contributed by atoms with van der Waals surface area (Å²) in [6.45, 7) is -0.126. The zero-order chi connectivity index (χ0) is 16.6. The molecule has 1 aromatic rings. The Kier molecular flexibility index (Phi) is 4.04. The van der Waals surface area contributed by atoms with Crippen molar-refractivity contribution in [1.29, 1.82) is 0 Å². The third-order valence-electron chi connectivity index (χ3n) is 4.17. The molecule has 0 radical (unpaired) electrons. The Morgan fingerprint density at radius 1 is 1.17 bits per heavy atom. The summed E-state index contributed by atoms with van der Waals surface area (Å²) in [7, 11) is 0. The van der Waals surface area contributed by atoms with Gasteiger partial charge in [0.1, 0.15) is 0 Å². The first-order valence-corrected chi connectivity index (χ1v) is 7.59. The van der Waals surface area contributed by atoms with Gasteiger partial charge in [0, 0.05) is 17.9 Å². The molecule has 2 atom stereocenters. The van der Waals surface area contributed by atoms with Crippen LogP contribution in [0.4, 0.5) is 13.2 Å². The van der Waals surface area contributed by atoms with Crippen LogP contribution in [0.3, 0.4) is 0 Å².